The molecule has 1 aliphatic carbocycles. The van der Waals surface area contributed by atoms with Gasteiger partial charge >= 0.3 is 0 Å². The molecule has 1 saturated carbocycles. The lowest BCUT2D eigenvalue weighted by Gasteiger charge is -2.52. The summed E-state index contributed by atoms with van der Waals surface area (Å²) in [6.07, 6.45) is 8.68. The van der Waals surface area contributed by atoms with Gasteiger partial charge in [0, 0.05) is 45.2 Å². The van der Waals surface area contributed by atoms with Gasteiger partial charge in [-0.2, -0.15) is 0 Å². The largest absolute Gasteiger partial charge is 0.494 e. The van der Waals surface area contributed by atoms with Crippen LogP contribution >= 0.6 is 0 Å². The molecule has 3 N–H and O–H groups in total. The highest BCUT2D eigenvalue weighted by molar-refractivity contribution is 6.00. The molecule has 0 aromatic heterocycles. The summed E-state index contributed by atoms with van der Waals surface area (Å²) < 4.78 is 5.85. The Balaban J connectivity index is 1.29. The van der Waals surface area contributed by atoms with Gasteiger partial charge in [0.25, 0.3) is 5.91 Å². The first-order valence-corrected chi connectivity index (χ1v) is 14.8. The molecule has 0 radical (unpaired) electrons. The van der Waals surface area contributed by atoms with Gasteiger partial charge in [0.1, 0.15) is 17.3 Å². The van der Waals surface area contributed by atoms with Crippen molar-refractivity contribution in [2.45, 2.75) is 94.7 Å². The molecule has 3 amide bonds. The fourth-order valence-corrected chi connectivity index (χ4v) is 6.42. The summed E-state index contributed by atoms with van der Waals surface area (Å²) in [6.45, 7) is 5.60. The molecule has 0 bridgehead atoms. The van der Waals surface area contributed by atoms with Crippen LogP contribution in [0, 0.1) is 0 Å². The Hall–Kier alpha value is -2.65. The molecule has 2 saturated heterocycles. The molecule has 4 rings (SSSR count). The van der Waals surface area contributed by atoms with Crippen LogP contribution in [-0.2, 0) is 9.59 Å². The molecule has 3 aliphatic rings. The van der Waals surface area contributed by atoms with Crippen molar-refractivity contribution in [3.05, 3.63) is 29.8 Å². The van der Waals surface area contributed by atoms with Gasteiger partial charge in [0.2, 0.25) is 11.8 Å². The van der Waals surface area contributed by atoms with Crippen LogP contribution in [-0.4, -0.2) is 89.6 Å². The molecule has 0 unspecified atom stereocenters. The lowest BCUT2D eigenvalue weighted by Crippen LogP contribution is -2.73. The fourth-order valence-electron chi connectivity index (χ4n) is 6.42. The number of likely N-dealkylation sites (tertiary alicyclic amines) is 1. The summed E-state index contributed by atoms with van der Waals surface area (Å²) in [4.78, 5) is 43.2. The number of hydrogen-bond donors (Lipinski definition) is 3. The Labute approximate surface area is 232 Å². The molecule has 2 heterocycles. The van der Waals surface area contributed by atoms with Crippen LogP contribution in [0.15, 0.2) is 24.3 Å². The number of ether oxygens (including phenoxy) is 1. The highest BCUT2D eigenvalue weighted by Gasteiger charge is 2.54. The fraction of sp³-hybridized carbons (Fsp3) is 0.700. The molecule has 9 heteroatoms. The zero-order chi connectivity index (χ0) is 27.9. The first-order valence-electron chi connectivity index (χ1n) is 14.8. The topological polar surface area (TPSA) is 111 Å². The Morgan fingerprint density at radius 3 is 2.38 bits per heavy atom. The number of carbonyl (C=O) groups is 3. The van der Waals surface area contributed by atoms with Crippen LogP contribution < -0.4 is 15.4 Å². The van der Waals surface area contributed by atoms with Crippen LogP contribution in [0.25, 0.3) is 0 Å². The van der Waals surface area contributed by atoms with Crippen molar-refractivity contribution in [3.8, 4) is 5.75 Å². The van der Waals surface area contributed by atoms with Crippen molar-refractivity contribution in [2.75, 3.05) is 39.8 Å². The number of nitrogens with one attached hydrogen (secondary N) is 2. The third-order valence-corrected chi connectivity index (χ3v) is 8.83. The van der Waals surface area contributed by atoms with E-state index in [0.717, 1.165) is 63.9 Å². The van der Waals surface area contributed by atoms with Gasteiger partial charge in [-0.1, -0.05) is 32.6 Å². The summed E-state index contributed by atoms with van der Waals surface area (Å²) in [6, 6.07) is 6.47. The minimum absolute atomic E-state index is 0.0219. The van der Waals surface area contributed by atoms with Crippen LogP contribution in [0.2, 0.25) is 0 Å². The number of carbonyl (C=O) groups excluding carboxylic acids is 3. The van der Waals surface area contributed by atoms with Crippen LogP contribution in [0.4, 0.5) is 0 Å². The van der Waals surface area contributed by atoms with Gasteiger partial charge in [-0.3, -0.25) is 14.4 Å². The van der Waals surface area contributed by atoms with E-state index in [1.165, 1.54) is 0 Å². The SMILES string of the molecule is CCCCN1C(=O)[C@@H](CC2(O)CCCCC2)NC(=O)C12CCN(CCCOc1ccc(C(=O)NC)cc1)CC2. The van der Waals surface area contributed by atoms with Gasteiger partial charge in [-0.25, -0.2) is 0 Å². The molecule has 2 aliphatic heterocycles. The van der Waals surface area contributed by atoms with Gasteiger partial charge in [0.05, 0.1) is 12.2 Å². The molecule has 216 valence electrons. The predicted molar refractivity (Wildman–Crippen MR) is 150 cm³/mol. The number of amides is 3. The molecule has 3 fully saturated rings. The number of nitrogens with zero attached hydrogens (tertiary/aromatic N) is 2. The molecular formula is C30H46N4O5. The van der Waals surface area contributed by atoms with Crippen molar-refractivity contribution in [3.63, 3.8) is 0 Å². The second kappa shape index (κ2) is 13.1. The average molecular weight is 543 g/mol. The van der Waals surface area contributed by atoms with Crippen LogP contribution in [0.3, 0.4) is 0 Å². The number of hydrogen-bond acceptors (Lipinski definition) is 6. The van der Waals surface area contributed by atoms with Crippen LogP contribution in [0.5, 0.6) is 5.75 Å². The van der Waals surface area contributed by atoms with E-state index in [1.807, 2.05) is 4.90 Å². The summed E-state index contributed by atoms with van der Waals surface area (Å²) in [5.74, 6) is 0.539. The Morgan fingerprint density at radius 2 is 1.74 bits per heavy atom. The molecule has 1 aromatic carbocycles. The zero-order valence-corrected chi connectivity index (χ0v) is 23.7. The summed E-state index contributed by atoms with van der Waals surface area (Å²) >= 11 is 0. The normalized spacial score (nSPS) is 22.9. The summed E-state index contributed by atoms with van der Waals surface area (Å²) in [5.41, 5.74) is -1.05. The van der Waals surface area contributed by atoms with Crippen molar-refractivity contribution in [2.24, 2.45) is 0 Å². The monoisotopic (exact) mass is 542 g/mol. The molecule has 9 nitrogen and oxygen atoms in total. The van der Waals surface area contributed by atoms with E-state index in [0.29, 0.717) is 50.8 Å². The van der Waals surface area contributed by atoms with Crippen LogP contribution in [0.1, 0.15) is 87.9 Å². The Kier molecular flexibility index (Phi) is 9.88. The van der Waals surface area contributed by atoms with Gasteiger partial charge in [-0.05, 0) is 62.8 Å². The van der Waals surface area contributed by atoms with E-state index in [4.69, 9.17) is 4.74 Å². The van der Waals surface area contributed by atoms with Crippen molar-refractivity contribution in [1.29, 1.82) is 0 Å². The van der Waals surface area contributed by atoms with E-state index in [-0.39, 0.29) is 17.7 Å². The molecular weight excluding hydrogens is 496 g/mol. The second-order valence-corrected chi connectivity index (χ2v) is 11.5. The first kappa shape index (κ1) is 29.3. The second-order valence-electron chi connectivity index (χ2n) is 11.5. The highest BCUT2D eigenvalue weighted by Crippen LogP contribution is 2.37. The molecule has 1 spiro atoms. The number of piperidine rings is 1. The summed E-state index contributed by atoms with van der Waals surface area (Å²) in [7, 11) is 1.61. The Bertz CT molecular complexity index is 984. The predicted octanol–water partition coefficient (Wildman–Crippen LogP) is 2.86. The van der Waals surface area contributed by atoms with Gasteiger partial charge in [0.15, 0.2) is 0 Å². The van der Waals surface area contributed by atoms with E-state index in [1.54, 1.807) is 31.3 Å². The van der Waals surface area contributed by atoms with Crippen molar-refractivity contribution >= 4 is 17.7 Å². The zero-order valence-electron chi connectivity index (χ0n) is 23.7. The minimum Gasteiger partial charge on any atom is -0.494 e. The minimum atomic E-state index is -0.857. The average Bonchev–Trinajstić information content (AvgIpc) is 2.95. The third-order valence-electron chi connectivity index (χ3n) is 8.83. The lowest BCUT2D eigenvalue weighted by molar-refractivity contribution is -0.163. The van der Waals surface area contributed by atoms with E-state index in [9.17, 15) is 19.5 Å². The number of aliphatic hydroxyl groups is 1. The maximum Gasteiger partial charge on any atom is 0.251 e. The molecule has 1 atom stereocenters. The van der Waals surface area contributed by atoms with Crippen molar-refractivity contribution < 1.29 is 24.2 Å². The smallest absolute Gasteiger partial charge is 0.251 e. The van der Waals surface area contributed by atoms with Gasteiger partial charge in [-0.15, -0.1) is 0 Å². The van der Waals surface area contributed by atoms with E-state index >= 15 is 0 Å². The number of unbranched alkanes of at least 4 members (excludes halogenated alkanes) is 1. The highest BCUT2D eigenvalue weighted by atomic mass is 16.5. The van der Waals surface area contributed by atoms with Crippen molar-refractivity contribution in [1.82, 2.24) is 20.4 Å². The first-order chi connectivity index (χ1) is 18.8. The number of rotatable bonds is 11. The number of benzene rings is 1. The molecule has 1 aromatic rings. The maximum absolute atomic E-state index is 13.7. The third kappa shape index (κ3) is 6.92. The van der Waals surface area contributed by atoms with E-state index < -0.39 is 17.2 Å². The Morgan fingerprint density at radius 1 is 1.05 bits per heavy atom. The van der Waals surface area contributed by atoms with E-state index in [2.05, 4.69) is 22.5 Å². The van der Waals surface area contributed by atoms with Gasteiger partial charge < -0.3 is 30.3 Å². The number of piperazine rings is 1. The quantitative estimate of drug-likeness (QED) is 0.371. The standard InChI is InChI=1S/C30H46N4O5/c1-3-4-18-34-27(36)25(22-29(38)13-6-5-7-14-29)32-28(37)30(34)15-19-33(20-16-30)17-8-21-39-24-11-9-23(10-12-24)26(35)31-2/h9-12,25,38H,3-8,13-22H2,1-2H3,(H,31,35)(H,32,37)/t25-/m1/s1. The summed E-state index contributed by atoms with van der Waals surface area (Å²) in [5, 5.41) is 16.7. The lowest BCUT2D eigenvalue weighted by atomic mass is 9.77. The molecule has 39 heavy (non-hydrogen) atoms. The maximum atomic E-state index is 13.7.